The van der Waals surface area contributed by atoms with Crippen LogP contribution in [0.25, 0.3) is 17.3 Å². The van der Waals surface area contributed by atoms with Crippen LogP contribution in [0, 0.1) is 0 Å². The monoisotopic (exact) mass is 712 g/mol. The topological polar surface area (TPSA) is 109 Å². The van der Waals surface area contributed by atoms with Crippen LogP contribution in [0.4, 0.5) is 10.8 Å². The minimum absolute atomic E-state index is 0.0820. The summed E-state index contributed by atoms with van der Waals surface area (Å²) < 4.78 is 6.49. The number of nitrogens with one attached hydrogen (secondary N) is 3. The molecule has 3 amide bonds. The molecule has 0 fully saturated rings. The van der Waals surface area contributed by atoms with Gasteiger partial charge in [0.25, 0.3) is 11.8 Å². The highest BCUT2D eigenvalue weighted by Gasteiger charge is 2.16. The van der Waals surface area contributed by atoms with E-state index in [9.17, 15) is 14.4 Å². The van der Waals surface area contributed by atoms with Crippen LogP contribution < -0.4 is 20.7 Å². The van der Waals surface area contributed by atoms with Crippen molar-refractivity contribution in [3.05, 3.63) is 130 Å². The Morgan fingerprint density at radius 2 is 1.61 bits per heavy atom. The lowest BCUT2D eigenvalue weighted by molar-refractivity contribution is -0.114. The molecule has 0 saturated heterocycles. The van der Waals surface area contributed by atoms with Gasteiger partial charge < -0.3 is 20.7 Å². The van der Waals surface area contributed by atoms with E-state index in [1.165, 1.54) is 23.1 Å². The number of anilines is 2. The molecule has 0 aliphatic rings. The molecule has 46 heavy (non-hydrogen) atoms. The minimum atomic E-state index is -0.482. The molecular formula is C35H29BrN4O4S2. The summed E-state index contributed by atoms with van der Waals surface area (Å²) >= 11 is 6.17. The molecule has 1 aromatic heterocycles. The first-order chi connectivity index (χ1) is 22.4. The van der Waals surface area contributed by atoms with E-state index in [1.807, 2.05) is 66.9 Å². The van der Waals surface area contributed by atoms with E-state index in [1.54, 1.807) is 54.6 Å². The van der Waals surface area contributed by atoms with Crippen molar-refractivity contribution in [2.24, 2.45) is 0 Å². The van der Waals surface area contributed by atoms with Gasteiger partial charge in [-0.2, -0.15) is 0 Å². The van der Waals surface area contributed by atoms with Gasteiger partial charge in [0.1, 0.15) is 11.4 Å². The fourth-order valence-corrected chi connectivity index (χ4v) is 5.86. The van der Waals surface area contributed by atoms with Gasteiger partial charge in [-0.05, 0) is 79.2 Å². The van der Waals surface area contributed by atoms with Crippen molar-refractivity contribution in [1.29, 1.82) is 0 Å². The lowest BCUT2D eigenvalue weighted by atomic mass is 10.1. The van der Waals surface area contributed by atoms with Crippen molar-refractivity contribution < 1.29 is 19.1 Å². The Morgan fingerprint density at radius 1 is 0.891 bits per heavy atom. The smallest absolute Gasteiger partial charge is 0.272 e. The normalized spacial score (nSPS) is 11.0. The van der Waals surface area contributed by atoms with E-state index >= 15 is 0 Å². The van der Waals surface area contributed by atoms with Gasteiger partial charge in [-0.1, -0.05) is 58.4 Å². The third-order valence-electron chi connectivity index (χ3n) is 6.40. The van der Waals surface area contributed by atoms with Gasteiger partial charge in [0.2, 0.25) is 5.91 Å². The Labute approximate surface area is 283 Å². The number of carbonyl (C=O) groups excluding carboxylic acids is 3. The molecule has 0 radical (unpaired) electrons. The zero-order valence-corrected chi connectivity index (χ0v) is 27.9. The SMILES string of the molecule is CCOc1ccc(/C=C(\NC(=O)c2ccccc2)C(=O)Nc2ccc(SCC(=O)Nc3nc(-c4ccc(Br)cc4)cs3)cc2)cc1. The highest BCUT2D eigenvalue weighted by molar-refractivity contribution is 9.10. The molecule has 0 aliphatic carbocycles. The van der Waals surface area contributed by atoms with Crippen LogP contribution in [0.3, 0.4) is 0 Å². The van der Waals surface area contributed by atoms with E-state index in [-0.39, 0.29) is 17.4 Å². The number of benzene rings is 4. The molecule has 5 rings (SSSR count). The third kappa shape index (κ3) is 9.40. The lowest BCUT2D eigenvalue weighted by Gasteiger charge is -2.12. The quantitative estimate of drug-likeness (QED) is 0.0891. The maximum Gasteiger partial charge on any atom is 0.272 e. The second kappa shape index (κ2) is 16.0. The molecule has 4 aromatic carbocycles. The van der Waals surface area contributed by atoms with E-state index in [4.69, 9.17) is 4.74 Å². The number of ether oxygens (including phenoxy) is 1. The van der Waals surface area contributed by atoms with Crippen molar-refractivity contribution in [3.63, 3.8) is 0 Å². The lowest BCUT2D eigenvalue weighted by Crippen LogP contribution is -2.30. The summed E-state index contributed by atoms with van der Waals surface area (Å²) in [6.45, 7) is 2.45. The summed E-state index contributed by atoms with van der Waals surface area (Å²) in [7, 11) is 0. The maximum absolute atomic E-state index is 13.3. The molecule has 1 heterocycles. The first kappa shape index (κ1) is 32.7. The fourth-order valence-electron chi connectivity index (χ4n) is 4.16. The Hall–Kier alpha value is -4.71. The van der Waals surface area contributed by atoms with Crippen molar-refractivity contribution in [2.45, 2.75) is 11.8 Å². The van der Waals surface area contributed by atoms with Crippen molar-refractivity contribution in [1.82, 2.24) is 10.3 Å². The number of hydrogen-bond donors (Lipinski definition) is 3. The number of thioether (sulfide) groups is 1. The Morgan fingerprint density at radius 3 is 2.30 bits per heavy atom. The number of halogens is 1. The predicted octanol–water partition coefficient (Wildman–Crippen LogP) is 8.11. The van der Waals surface area contributed by atoms with Crippen LogP contribution in [0.5, 0.6) is 5.75 Å². The largest absolute Gasteiger partial charge is 0.494 e. The second-order valence-electron chi connectivity index (χ2n) is 9.74. The zero-order valence-electron chi connectivity index (χ0n) is 24.7. The minimum Gasteiger partial charge on any atom is -0.494 e. The molecule has 8 nitrogen and oxygen atoms in total. The maximum atomic E-state index is 13.3. The number of amides is 3. The van der Waals surface area contributed by atoms with Gasteiger partial charge in [0, 0.05) is 31.6 Å². The molecule has 11 heteroatoms. The van der Waals surface area contributed by atoms with Crippen molar-refractivity contribution in [3.8, 4) is 17.0 Å². The first-order valence-electron chi connectivity index (χ1n) is 14.2. The van der Waals surface area contributed by atoms with E-state index in [0.29, 0.717) is 34.3 Å². The summed E-state index contributed by atoms with van der Waals surface area (Å²) in [5.74, 6) is -0.149. The molecule has 232 valence electrons. The summed E-state index contributed by atoms with van der Waals surface area (Å²) in [6, 6.07) is 30.9. The van der Waals surface area contributed by atoms with Gasteiger partial charge >= 0.3 is 0 Å². The number of nitrogens with zero attached hydrogens (tertiary/aromatic N) is 1. The van der Waals surface area contributed by atoms with Crippen LogP contribution in [-0.4, -0.2) is 35.1 Å². The molecule has 0 bridgehead atoms. The van der Waals surface area contributed by atoms with Crippen LogP contribution in [0.15, 0.2) is 124 Å². The van der Waals surface area contributed by atoms with Gasteiger partial charge in [-0.15, -0.1) is 23.1 Å². The molecular weight excluding hydrogens is 684 g/mol. The van der Waals surface area contributed by atoms with Gasteiger partial charge in [0.05, 0.1) is 18.1 Å². The van der Waals surface area contributed by atoms with Crippen molar-refractivity contribution in [2.75, 3.05) is 23.0 Å². The third-order valence-corrected chi connectivity index (χ3v) is 8.70. The van der Waals surface area contributed by atoms with E-state index in [0.717, 1.165) is 20.6 Å². The van der Waals surface area contributed by atoms with Crippen LogP contribution in [0.2, 0.25) is 0 Å². The van der Waals surface area contributed by atoms with E-state index in [2.05, 4.69) is 36.9 Å². The Balaban J connectivity index is 1.19. The summed E-state index contributed by atoms with van der Waals surface area (Å²) in [5, 5.41) is 10.9. The number of thiazole rings is 1. The molecule has 0 atom stereocenters. The highest BCUT2D eigenvalue weighted by atomic mass is 79.9. The Kier molecular flexibility index (Phi) is 11.4. The van der Waals surface area contributed by atoms with Gasteiger partial charge in [0.15, 0.2) is 5.13 Å². The molecule has 0 spiro atoms. The number of aromatic nitrogens is 1. The standard InChI is InChI=1S/C35H29BrN4O4S2/c1-2-44-28-16-8-23(9-17-28)20-30(38-33(42)25-6-4-3-5-7-25)34(43)37-27-14-18-29(19-15-27)45-22-32(41)40-35-39-31(21-46-35)24-10-12-26(36)13-11-24/h3-21H,2,22H2,1H3,(H,37,43)(H,38,42)(H,39,40,41)/b30-20-. The molecule has 3 N–H and O–H groups in total. The fraction of sp³-hybridized carbons (Fsp3) is 0.0857. The summed E-state index contributed by atoms with van der Waals surface area (Å²) in [4.78, 5) is 44.2. The second-order valence-corrected chi connectivity index (χ2v) is 12.6. The Bertz CT molecular complexity index is 1830. The van der Waals surface area contributed by atoms with E-state index < -0.39 is 11.8 Å². The summed E-state index contributed by atoms with van der Waals surface area (Å²) in [5.41, 5.74) is 3.54. The molecule has 0 unspecified atom stereocenters. The van der Waals surface area contributed by atoms with Crippen LogP contribution in [-0.2, 0) is 9.59 Å². The number of carbonyl (C=O) groups is 3. The number of rotatable bonds is 12. The first-order valence-corrected chi connectivity index (χ1v) is 16.9. The van der Waals surface area contributed by atoms with Crippen molar-refractivity contribution >= 4 is 73.6 Å². The number of hydrogen-bond acceptors (Lipinski definition) is 7. The average molecular weight is 714 g/mol. The van der Waals surface area contributed by atoms with Gasteiger partial charge in [-0.3, -0.25) is 14.4 Å². The average Bonchev–Trinajstić information content (AvgIpc) is 3.54. The van der Waals surface area contributed by atoms with Crippen LogP contribution >= 0.6 is 39.0 Å². The predicted molar refractivity (Wildman–Crippen MR) is 189 cm³/mol. The summed E-state index contributed by atoms with van der Waals surface area (Å²) in [6.07, 6.45) is 1.61. The zero-order chi connectivity index (χ0) is 32.3. The molecule has 0 aliphatic heterocycles. The highest BCUT2D eigenvalue weighted by Crippen LogP contribution is 2.27. The molecule has 0 saturated carbocycles. The van der Waals surface area contributed by atoms with Crippen LogP contribution in [0.1, 0.15) is 22.8 Å². The van der Waals surface area contributed by atoms with Gasteiger partial charge in [-0.25, -0.2) is 4.98 Å². The molecule has 5 aromatic rings.